The molecule has 3 aromatic rings. The van der Waals surface area contributed by atoms with Gasteiger partial charge in [0.1, 0.15) is 11.4 Å². The molecule has 0 bridgehead atoms. The monoisotopic (exact) mass is 367 g/mol. The highest BCUT2D eigenvalue weighted by Gasteiger charge is 2.31. The molecule has 0 aliphatic carbocycles. The number of aryl methyl sites for hydroxylation is 2. The number of carbonyl (C=O) groups excluding carboxylic acids is 1. The van der Waals surface area contributed by atoms with Gasteiger partial charge in [-0.1, -0.05) is 22.9 Å². The minimum Gasteiger partial charge on any atom is -0.484 e. The lowest BCUT2D eigenvalue weighted by Gasteiger charge is -2.15. The molecule has 8 nitrogen and oxygen atoms in total. The molecular formula is C19H21N5O3. The topological polar surface area (TPSA) is 86.3 Å². The summed E-state index contributed by atoms with van der Waals surface area (Å²) < 4.78 is 12.6. The normalized spacial score (nSPS) is 16.7. The molecule has 140 valence electrons. The number of benzene rings is 1. The van der Waals surface area contributed by atoms with Crippen molar-refractivity contribution in [2.75, 3.05) is 13.1 Å². The van der Waals surface area contributed by atoms with E-state index in [4.69, 9.17) is 9.26 Å². The Morgan fingerprint density at radius 2 is 2.11 bits per heavy atom. The molecular weight excluding hydrogens is 346 g/mol. The van der Waals surface area contributed by atoms with E-state index in [-0.39, 0.29) is 18.4 Å². The maximum Gasteiger partial charge on any atom is 0.272 e. The number of carbonyl (C=O) groups is 1. The Kier molecular flexibility index (Phi) is 4.62. The van der Waals surface area contributed by atoms with Crippen molar-refractivity contribution in [3.05, 3.63) is 59.5 Å². The third-order valence-electron chi connectivity index (χ3n) is 4.75. The molecule has 2 aromatic heterocycles. The van der Waals surface area contributed by atoms with Crippen LogP contribution < -0.4 is 4.74 Å². The summed E-state index contributed by atoms with van der Waals surface area (Å²) in [7, 11) is 1.76. The SMILES string of the molecule is Cc1ccc(OCc2nc(C3CCN(C(=O)c4ccnn4C)C3)no2)cc1. The number of aromatic nitrogens is 4. The predicted octanol–water partition coefficient (Wildman–Crippen LogP) is 2.32. The first-order chi connectivity index (χ1) is 13.1. The van der Waals surface area contributed by atoms with E-state index in [1.807, 2.05) is 31.2 Å². The second-order valence-electron chi connectivity index (χ2n) is 6.72. The predicted molar refractivity (Wildman–Crippen MR) is 96.3 cm³/mol. The van der Waals surface area contributed by atoms with Gasteiger partial charge in [-0.05, 0) is 31.5 Å². The molecule has 4 rings (SSSR count). The zero-order valence-electron chi connectivity index (χ0n) is 15.3. The summed E-state index contributed by atoms with van der Waals surface area (Å²) in [6, 6.07) is 9.52. The van der Waals surface area contributed by atoms with Gasteiger partial charge in [0, 0.05) is 32.3 Å². The Balaban J connectivity index is 1.35. The van der Waals surface area contributed by atoms with Crippen LogP contribution >= 0.6 is 0 Å². The summed E-state index contributed by atoms with van der Waals surface area (Å²) in [6.45, 7) is 3.48. The summed E-state index contributed by atoms with van der Waals surface area (Å²) in [5, 5.41) is 8.13. The van der Waals surface area contributed by atoms with Crippen LogP contribution in [0.4, 0.5) is 0 Å². The second-order valence-corrected chi connectivity index (χ2v) is 6.72. The third-order valence-corrected chi connectivity index (χ3v) is 4.75. The summed E-state index contributed by atoms with van der Waals surface area (Å²) in [5.41, 5.74) is 1.75. The van der Waals surface area contributed by atoms with E-state index in [0.29, 0.717) is 30.5 Å². The molecule has 1 aliphatic rings. The van der Waals surface area contributed by atoms with Crippen LogP contribution in [0.2, 0.25) is 0 Å². The highest BCUT2D eigenvalue weighted by Crippen LogP contribution is 2.26. The number of amides is 1. The van der Waals surface area contributed by atoms with Gasteiger partial charge in [0.2, 0.25) is 0 Å². The molecule has 8 heteroatoms. The standard InChI is InChI=1S/C19H21N5O3/c1-13-3-5-15(6-4-13)26-12-17-21-18(22-27-17)14-8-10-24(11-14)19(25)16-7-9-20-23(16)2/h3-7,9,14H,8,10-12H2,1-2H3. The van der Waals surface area contributed by atoms with E-state index in [0.717, 1.165) is 12.2 Å². The van der Waals surface area contributed by atoms with Crippen molar-refractivity contribution in [3.8, 4) is 5.75 Å². The quantitative estimate of drug-likeness (QED) is 0.688. The summed E-state index contributed by atoms with van der Waals surface area (Å²) >= 11 is 0. The van der Waals surface area contributed by atoms with Gasteiger partial charge in [-0.15, -0.1) is 0 Å². The van der Waals surface area contributed by atoms with Gasteiger partial charge >= 0.3 is 0 Å². The van der Waals surface area contributed by atoms with Gasteiger partial charge in [0.05, 0.1) is 0 Å². The molecule has 0 N–H and O–H groups in total. The van der Waals surface area contributed by atoms with Gasteiger partial charge in [0.25, 0.3) is 11.8 Å². The largest absolute Gasteiger partial charge is 0.484 e. The fourth-order valence-electron chi connectivity index (χ4n) is 3.17. The summed E-state index contributed by atoms with van der Waals surface area (Å²) in [6.07, 6.45) is 2.43. The molecule has 1 amide bonds. The fourth-order valence-corrected chi connectivity index (χ4v) is 3.17. The molecule has 1 aliphatic heterocycles. The molecule has 0 saturated carbocycles. The first-order valence-electron chi connectivity index (χ1n) is 8.89. The van der Waals surface area contributed by atoms with Crippen LogP contribution in [-0.2, 0) is 13.7 Å². The van der Waals surface area contributed by atoms with Crippen LogP contribution in [0, 0.1) is 6.92 Å². The van der Waals surface area contributed by atoms with Crippen LogP contribution in [0.25, 0.3) is 0 Å². The minimum atomic E-state index is -0.0241. The van der Waals surface area contributed by atoms with Crippen LogP contribution in [0.3, 0.4) is 0 Å². The Morgan fingerprint density at radius 1 is 1.30 bits per heavy atom. The van der Waals surface area contributed by atoms with E-state index >= 15 is 0 Å². The van der Waals surface area contributed by atoms with Crippen molar-refractivity contribution < 1.29 is 14.1 Å². The lowest BCUT2D eigenvalue weighted by molar-refractivity contribution is 0.0779. The average Bonchev–Trinajstić information content (AvgIpc) is 3.41. The zero-order valence-corrected chi connectivity index (χ0v) is 15.3. The van der Waals surface area contributed by atoms with Crippen molar-refractivity contribution in [1.82, 2.24) is 24.8 Å². The fraction of sp³-hybridized carbons (Fsp3) is 0.368. The number of hydrogen-bond donors (Lipinski definition) is 0. The molecule has 1 fully saturated rings. The maximum absolute atomic E-state index is 12.6. The van der Waals surface area contributed by atoms with Crippen LogP contribution in [0.5, 0.6) is 5.75 Å². The van der Waals surface area contributed by atoms with Gasteiger partial charge in [0.15, 0.2) is 12.4 Å². The number of ether oxygens (including phenoxy) is 1. The second kappa shape index (κ2) is 7.22. The Labute approximate surface area is 156 Å². The molecule has 0 spiro atoms. The van der Waals surface area contributed by atoms with Gasteiger partial charge in [-0.2, -0.15) is 10.1 Å². The Bertz CT molecular complexity index is 931. The molecule has 0 radical (unpaired) electrons. The highest BCUT2D eigenvalue weighted by molar-refractivity contribution is 5.92. The summed E-state index contributed by atoms with van der Waals surface area (Å²) in [5.74, 6) is 1.86. The molecule has 3 heterocycles. The smallest absolute Gasteiger partial charge is 0.272 e. The van der Waals surface area contributed by atoms with E-state index < -0.39 is 0 Å². The van der Waals surface area contributed by atoms with Gasteiger partial charge in [-0.25, -0.2) is 0 Å². The van der Waals surface area contributed by atoms with E-state index in [9.17, 15) is 4.79 Å². The van der Waals surface area contributed by atoms with Crippen LogP contribution in [0.15, 0.2) is 41.1 Å². The van der Waals surface area contributed by atoms with Crippen LogP contribution in [0.1, 0.15) is 40.1 Å². The first-order valence-corrected chi connectivity index (χ1v) is 8.89. The summed E-state index contributed by atoms with van der Waals surface area (Å²) in [4.78, 5) is 18.8. The lowest BCUT2D eigenvalue weighted by Crippen LogP contribution is -2.30. The number of likely N-dealkylation sites (tertiary alicyclic amines) is 1. The molecule has 1 saturated heterocycles. The van der Waals surface area contributed by atoms with Crippen molar-refractivity contribution >= 4 is 5.91 Å². The molecule has 27 heavy (non-hydrogen) atoms. The highest BCUT2D eigenvalue weighted by atomic mass is 16.5. The van der Waals surface area contributed by atoms with Gasteiger partial charge in [-0.3, -0.25) is 9.48 Å². The van der Waals surface area contributed by atoms with Crippen molar-refractivity contribution in [3.63, 3.8) is 0 Å². The number of rotatable bonds is 5. The van der Waals surface area contributed by atoms with E-state index in [2.05, 4.69) is 15.2 Å². The number of nitrogens with zero attached hydrogens (tertiary/aromatic N) is 5. The van der Waals surface area contributed by atoms with Gasteiger partial charge < -0.3 is 14.2 Å². The van der Waals surface area contributed by atoms with E-state index in [1.54, 1.807) is 28.9 Å². The number of hydrogen-bond acceptors (Lipinski definition) is 6. The van der Waals surface area contributed by atoms with Crippen molar-refractivity contribution in [2.45, 2.75) is 25.9 Å². The first kappa shape index (κ1) is 17.3. The average molecular weight is 367 g/mol. The zero-order chi connectivity index (χ0) is 18.8. The molecule has 1 unspecified atom stereocenters. The Hall–Kier alpha value is -3.16. The molecule has 1 atom stereocenters. The molecule has 1 aromatic carbocycles. The lowest BCUT2D eigenvalue weighted by atomic mass is 10.1. The van der Waals surface area contributed by atoms with Crippen molar-refractivity contribution in [2.24, 2.45) is 7.05 Å². The maximum atomic E-state index is 12.6. The minimum absolute atomic E-state index is 0.0241. The van der Waals surface area contributed by atoms with E-state index in [1.165, 1.54) is 5.56 Å². The van der Waals surface area contributed by atoms with Crippen LogP contribution in [-0.4, -0.2) is 43.8 Å². The third kappa shape index (κ3) is 3.69. The Morgan fingerprint density at radius 3 is 2.85 bits per heavy atom. The van der Waals surface area contributed by atoms with Crippen molar-refractivity contribution in [1.29, 1.82) is 0 Å².